The summed E-state index contributed by atoms with van der Waals surface area (Å²) in [5.74, 6) is 4.81. The summed E-state index contributed by atoms with van der Waals surface area (Å²) in [6.07, 6.45) is 0.395. The predicted molar refractivity (Wildman–Crippen MR) is 127 cm³/mol. The number of rotatable bonds is 6. The molecule has 172 valence electrons. The summed E-state index contributed by atoms with van der Waals surface area (Å²) in [5.41, 5.74) is 3.89. The molecule has 1 amide bonds. The van der Waals surface area contributed by atoms with E-state index in [1.54, 1.807) is 6.92 Å². The van der Waals surface area contributed by atoms with E-state index in [4.69, 9.17) is 4.74 Å². The quantitative estimate of drug-likeness (QED) is 0.521. The van der Waals surface area contributed by atoms with Gasteiger partial charge in [0.1, 0.15) is 12.6 Å². The fraction of sp³-hybridized carbons (Fsp3) is 0.407. The first-order chi connectivity index (χ1) is 15.8. The number of carboxylic acids is 1. The average molecular weight is 448 g/mol. The van der Waals surface area contributed by atoms with Crippen LogP contribution in [0.5, 0.6) is 0 Å². The zero-order chi connectivity index (χ0) is 23.6. The molecule has 0 aromatic heterocycles. The number of carbonyl (C=O) groups is 2. The highest BCUT2D eigenvalue weighted by Crippen LogP contribution is 2.44. The molecule has 1 heterocycles. The SMILES string of the molecule is CC#CC[C@]1([C@@H](NC(=O)OCC2c3ccccc3-c3ccccc32)C(=O)O)CC[N+](C)(C)C1. The largest absolute Gasteiger partial charge is 0.480 e. The Morgan fingerprint density at radius 2 is 1.76 bits per heavy atom. The fourth-order valence-corrected chi connectivity index (χ4v) is 5.52. The Kier molecular flexibility index (Phi) is 6.18. The van der Waals surface area contributed by atoms with Gasteiger partial charge >= 0.3 is 12.1 Å². The lowest BCUT2D eigenvalue weighted by Crippen LogP contribution is -2.55. The molecule has 2 atom stereocenters. The number of fused-ring (bicyclic) bond motifs is 3. The Morgan fingerprint density at radius 3 is 2.27 bits per heavy atom. The number of nitrogens with zero attached hydrogens (tertiary/aromatic N) is 1. The lowest BCUT2D eigenvalue weighted by Gasteiger charge is -2.34. The number of alkyl carbamates (subject to hydrolysis) is 1. The third kappa shape index (κ3) is 4.46. The Bertz CT molecular complexity index is 1080. The number of aliphatic carboxylic acids is 1. The molecule has 0 saturated carbocycles. The molecule has 4 rings (SSSR count). The van der Waals surface area contributed by atoms with E-state index in [-0.39, 0.29) is 12.5 Å². The van der Waals surface area contributed by atoms with E-state index in [2.05, 4.69) is 55.5 Å². The van der Waals surface area contributed by atoms with Crippen LogP contribution in [-0.4, -0.2) is 61.5 Å². The second-order valence-corrected chi connectivity index (χ2v) is 9.77. The molecule has 2 aromatic rings. The number of carboxylic acid groups (broad SMARTS) is 1. The highest BCUT2D eigenvalue weighted by molar-refractivity contribution is 5.82. The van der Waals surface area contributed by atoms with Gasteiger partial charge in [0.25, 0.3) is 0 Å². The van der Waals surface area contributed by atoms with E-state index < -0.39 is 23.5 Å². The maximum atomic E-state index is 12.8. The molecule has 0 spiro atoms. The summed E-state index contributed by atoms with van der Waals surface area (Å²) in [7, 11) is 4.15. The molecule has 33 heavy (non-hydrogen) atoms. The highest BCUT2D eigenvalue weighted by atomic mass is 16.5. The van der Waals surface area contributed by atoms with Crippen LogP contribution >= 0.6 is 0 Å². The van der Waals surface area contributed by atoms with Gasteiger partial charge in [-0.1, -0.05) is 48.5 Å². The zero-order valence-electron chi connectivity index (χ0n) is 19.4. The first-order valence-electron chi connectivity index (χ1n) is 11.3. The Balaban J connectivity index is 1.50. The monoisotopic (exact) mass is 447 g/mol. The minimum atomic E-state index is -1.06. The van der Waals surface area contributed by atoms with Crippen molar-refractivity contribution in [3.05, 3.63) is 59.7 Å². The van der Waals surface area contributed by atoms with Crippen LogP contribution in [0.25, 0.3) is 11.1 Å². The second kappa shape index (κ2) is 8.92. The minimum Gasteiger partial charge on any atom is -0.480 e. The second-order valence-electron chi connectivity index (χ2n) is 9.77. The standard InChI is InChI=1S/C27H30N2O4/c1-4-5-14-27(15-16-29(2,3)18-27)24(25(30)31)28-26(32)33-17-23-21-12-8-6-10-19(21)20-11-7-9-13-22(20)23/h6-13,23-24H,14-18H2,1-3H3,(H-,28,30,31,32)/p+1/t24-,27-/m0/s1. The van der Waals surface area contributed by atoms with Gasteiger partial charge in [-0.15, -0.1) is 11.8 Å². The van der Waals surface area contributed by atoms with E-state index in [0.717, 1.165) is 28.8 Å². The lowest BCUT2D eigenvalue weighted by molar-refractivity contribution is -0.881. The van der Waals surface area contributed by atoms with Gasteiger partial charge in [-0.2, -0.15) is 0 Å². The van der Waals surface area contributed by atoms with E-state index in [9.17, 15) is 14.7 Å². The van der Waals surface area contributed by atoms with Gasteiger partial charge in [0.15, 0.2) is 0 Å². The molecule has 0 radical (unpaired) electrons. The number of quaternary nitrogens is 1. The van der Waals surface area contributed by atoms with Crippen molar-refractivity contribution in [2.75, 3.05) is 33.8 Å². The molecule has 1 aliphatic carbocycles. The van der Waals surface area contributed by atoms with Crippen LogP contribution in [0.3, 0.4) is 0 Å². The number of hydrogen-bond acceptors (Lipinski definition) is 3. The number of ether oxygens (including phenoxy) is 1. The molecule has 2 aromatic carbocycles. The number of likely N-dealkylation sites (tertiary alicyclic amines) is 1. The summed E-state index contributed by atoms with van der Waals surface area (Å²) in [5, 5.41) is 12.7. The number of nitrogens with one attached hydrogen (secondary N) is 1. The average Bonchev–Trinajstić information content (AvgIpc) is 3.29. The summed E-state index contributed by atoms with van der Waals surface area (Å²) in [6, 6.07) is 15.2. The maximum absolute atomic E-state index is 12.8. The van der Waals surface area contributed by atoms with Crippen molar-refractivity contribution in [1.82, 2.24) is 5.32 Å². The predicted octanol–water partition coefficient (Wildman–Crippen LogP) is 3.86. The molecule has 0 unspecified atom stereocenters. The highest BCUT2D eigenvalue weighted by Gasteiger charge is 2.53. The van der Waals surface area contributed by atoms with Crippen LogP contribution in [0.1, 0.15) is 36.8 Å². The molecule has 1 fully saturated rings. The van der Waals surface area contributed by atoms with Crippen LogP contribution < -0.4 is 5.32 Å². The van der Waals surface area contributed by atoms with E-state index >= 15 is 0 Å². The molecule has 6 nitrogen and oxygen atoms in total. The summed E-state index contributed by atoms with van der Waals surface area (Å²) in [6.45, 7) is 3.36. The first kappa shape index (κ1) is 22.9. The summed E-state index contributed by atoms with van der Waals surface area (Å²) >= 11 is 0. The first-order valence-corrected chi connectivity index (χ1v) is 11.3. The number of carbonyl (C=O) groups excluding carboxylic acids is 1. The van der Waals surface area contributed by atoms with Gasteiger partial charge in [0.05, 0.1) is 32.6 Å². The van der Waals surface area contributed by atoms with Crippen LogP contribution in [0.4, 0.5) is 4.79 Å². The zero-order valence-corrected chi connectivity index (χ0v) is 19.4. The maximum Gasteiger partial charge on any atom is 0.407 e. The fourth-order valence-electron chi connectivity index (χ4n) is 5.52. The van der Waals surface area contributed by atoms with Gasteiger partial charge in [-0.25, -0.2) is 9.59 Å². The van der Waals surface area contributed by atoms with Gasteiger partial charge in [-0.3, -0.25) is 0 Å². The normalized spacial score (nSPS) is 21.3. The van der Waals surface area contributed by atoms with Crippen molar-refractivity contribution in [3.8, 4) is 23.0 Å². The van der Waals surface area contributed by atoms with Crippen LogP contribution in [-0.2, 0) is 9.53 Å². The van der Waals surface area contributed by atoms with E-state index in [1.807, 2.05) is 24.3 Å². The molecule has 2 N–H and O–H groups in total. The van der Waals surface area contributed by atoms with Crippen molar-refractivity contribution in [1.29, 1.82) is 0 Å². The number of hydrogen-bond donors (Lipinski definition) is 2. The van der Waals surface area contributed by atoms with Crippen LogP contribution in [0, 0.1) is 17.3 Å². The van der Waals surface area contributed by atoms with Gasteiger partial charge < -0.3 is 19.6 Å². The van der Waals surface area contributed by atoms with Crippen molar-refractivity contribution in [3.63, 3.8) is 0 Å². The minimum absolute atomic E-state index is 0.0755. The molecule has 2 aliphatic rings. The van der Waals surface area contributed by atoms with Gasteiger partial charge in [0, 0.05) is 18.8 Å². The van der Waals surface area contributed by atoms with Crippen molar-refractivity contribution < 1.29 is 23.9 Å². The molecule has 1 aliphatic heterocycles. The Labute approximate surface area is 195 Å². The smallest absolute Gasteiger partial charge is 0.407 e. The van der Waals surface area contributed by atoms with Crippen molar-refractivity contribution in [2.45, 2.75) is 31.7 Å². The van der Waals surface area contributed by atoms with Crippen LogP contribution in [0.2, 0.25) is 0 Å². The van der Waals surface area contributed by atoms with Crippen molar-refractivity contribution in [2.24, 2.45) is 5.41 Å². The Hall–Kier alpha value is -3.30. The van der Waals surface area contributed by atoms with Crippen molar-refractivity contribution >= 4 is 12.1 Å². The molecule has 1 saturated heterocycles. The molecule has 0 bridgehead atoms. The summed E-state index contributed by atoms with van der Waals surface area (Å²) < 4.78 is 6.32. The third-order valence-electron chi connectivity index (χ3n) is 7.04. The van der Waals surface area contributed by atoms with Crippen LogP contribution in [0.15, 0.2) is 48.5 Å². The Morgan fingerprint density at radius 1 is 1.15 bits per heavy atom. The molecular weight excluding hydrogens is 416 g/mol. The number of amides is 1. The molecular formula is C27H31N2O4+. The van der Waals surface area contributed by atoms with E-state index in [0.29, 0.717) is 23.9 Å². The van der Waals surface area contributed by atoms with Gasteiger partial charge in [-0.05, 0) is 29.2 Å². The summed E-state index contributed by atoms with van der Waals surface area (Å²) in [4.78, 5) is 25.1. The lowest BCUT2D eigenvalue weighted by atomic mass is 9.76. The number of benzene rings is 2. The van der Waals surface area contributed by atoms with E-state index in [1.165, 1.54) is 0 Å². The molecule has 6 heteroatoms. The van der Waals surface area contributed by atoms with Gasteiger partial charge in [0.2, 0.25) is 0 Å². The third-order valence-corrected chi connectivity index (χ3v) is 7.04. The topological polar surface area (TPSA) is 75.6 Å².